The summed E-state index contributed by atoms with van der Waals surface area (Å²) in [5, 5.41) is 8.83. The molecule has 0 spiro atoms. The van der Waals surface area contributed by atoms with Crippen LogP contribution in [0, 0.1) is 0 Å². The summed E-state index contributed by atoms with van der Waals surface area (Å²) in [6.45, 7) is 0. The zero-order chi connectivity index (χ0) is 17.8. The molecule has 3 rings (SSSR count). The van der Waals surface area contributed by atoms with Crippen LogP contribution < -0.4 is 16.0 Å². The highest BCUT2D eigenvalue weighted by Gasteiger charge is 2.25. The number of para-hydroxylation sites is 1. The van der Waals surface area contributed by atoms with E-state index in [2.05, 4.69) is 20.9 Å². The van der Waals surface area contributed by atoms with Crippen molar-refractivity contribution in [3.63, 3.8) is 0 Å². The van der Waals surface area contributed by atoms with E-state index in [1.807, 2.05) is 24.3 Å². The highest BCUT2D eigenvalue weighted by Crippen LogP contribution is 2.26. The van der Waals surface area contributed by atoms with Gasteiger partial charge in [0.1, 0.15) is 0 Å². The van der Waals surface area contributed by atoms with Crippen molar-refractivity contribution in [1.82, 2.24) is 20.9 Å². The number of nitrogens with one attached hydrogen (secondary N) is 3. The number of hydrogen-bond acceptors (Lipinski definition) is 5. The van der Waals surface area contributed by atoms with Crippen molar-refractivity contribution in [2.75, 3.05) is 12.8 Å². The predicted octanol–water partition coefficient (Wildman–Crippen LogP) is 1.67. The van der Waals surface area contributed by atoms with E-state index in [4.69, 9.17) is 0 Å². The van der Waals surface area contributed by atoms with E-state index >= 15 is 0 Å². The minimum absolute atomic E-state index is 0.0302. The molecule has 8 heteroatoms. The van der Waals surface area contributed by atoms with E-state index in [-0.39, 0.29) is 17.7 Å². The van der Waals surface area contributed by atoms with Crippen molar-refractivity contribution in [1.29, 1.82) is 0 Å². The fraction of sp³-hybridized carbons (Fsp3) is 0.294. The van der Waals surface area contributed by atoms with Crippen LogP contribution in [0.15, 0.2) is 35.4 Å². The first-order chi connectivity index (χ1) is 12.1. The van der Waals surface area contributed by atoms with Crippen LogP contribution in [0.5, 0.6) is 0 Å². The maximum absolute atomic E-state index is 12.5. The van der Waals surface area contributed by atoms with Gasteiger partial charge in [-0.2, -0.15) is 0 Å². The van der Waals surface area contributed by atoms with Gasteiger partial charge in [0, 0.05) is 18.5 Å². The maximum atomic E-state index is 12.5. The third-order valence-electron chi connectivity index (χ3n) is 3.68. The molecular formula is C17H18N4O3S. The zero-order valence-corrected chi connectivity index (χ0v) is 14.5. The van der Waals surface area contributed by atoms with Gasteiger partial charge in [0.25, 0.3) is 5.91 Å². The monoisotopic (exact) mass is 358 g/mol. The van der Waals surface area contributed by atoms with E-state index in [1.54, 1.807) is 6.07 Å². The molecule has 25 heavy (non-hydrogen) atoms. The molecule has 1 aliphatic carbocycles. The Morgan fingerprint density at radius 1 is 1.24 bits per heavy atom. The zero-order valence-electron chi connectivity index (χ0n) is 13.7. The van der Waals surface area contributed by atoms with Crippen molar-refractivity contribution >= 4 is 40.5 Å². The molecule has 130 valence electrons. The number of aromatic nitrogens is 1. The average Bonchev–Trinajstić information content (AvgIpc) is 3.43. The summed E-state index contributed by atoms with van der Waals surface area (Å²) < 4.78 is 0. The second-order valence-corrected chi connectivity index (χ2v) is 6.68. The molecule has 1 aromatic heterocycles. The Morgan fingerprint density at radius 2 is 2.00 bits per heavy atom. The van der Waals surface area contributed by atoms with Crippen LogP contribution in [0.25, 0.3) is 10.9 Å². The van der Waals surface area contributed by atoms with Crippen LogP contribution in [0.2, 0.25) is 0 Å². The standard InChI is InChI=1S/C17H18N4O3S/c1-18-17(24)21-14(22)9-25-15-8-12(16(23)19-10-6-7-10)11-4-2-3-5-13(11)20-15/h2-5,8,10H,6-7,9H2,1H3,(H,19,23)(H2,18,21,22,24). The lowest BCUT2D eigenvalue weighted by Gasteiger charge is -2.10. The van der Waals surface area contributed by atoms with Crippen molar-refractivity contribution < 1.29 is 14.4 Å². The number of nitrogens with zero attached hydrogens (tertiary/aromatic N) is 1. The van der Waals surface area contributed by atoms with E-state index in [9.17, 15) is 14.4 Å². The lowest BCUT2D eigenvalue weighted by molar-refractivity contribution is -0.117. The largest absolute Gasteiger partial charge is 0.349 e. The van der Waals surface area contributed by atoms with E-state index in [1.165, 1.54) is 18.8 Å². The summed E-state index contributed by atoms with van der Waals surface area (Å²) in [4.78, 5) is 39.9. The van der Waals surface area contributed by atoms with Crippen molar-refractivity contribution in [3.05, 3.63) is 35.9 Å². The van der Waals surface area contributed by atoms with Gasteiger partial charge in [-0.25, -0.2) is 9.78 Å². The van der Waals surface area contributed by atoms with Crippen molar-refractivity contribution in [2.24, 2.45) is 0 Å². The second-order valence-electron chi connectivity index (χ2n) is 5.69. The average molecular weight is 358 g/mol. The molecule has 0 atom stereocenters. The van der Waals surface area contributed by atoms with Crippen molar-refractivity contribution in [2.45, 2.75) is 23.9 Å². The highest BCUT2D eigenvalue weighted by atomic mass is 32.2. The number of hydrogen-bond donors (Lipinski definition) is 3. The molecule has 0 aliphatic heterocycles. The molecule has 7 nitrogen and oxygen atoms in total. The molecule has 3 N–H and O–H groups in total. The molecule has 1 saturated carbocycles. The van der Waals surface area contributed by atoms with E-state index in [0.717, 1.165) is 18.2 Å². The van der Waals surface area contributed by atoms with E-state index in [0.29, 0.717) is 16.1 Å². The molecule has 1 aromatic carbocycles. The number of benzene rings is 1. The van der Waals surface area contributed by atoms with Crippen LogP contribution in [0.4, 0.5) is 4.79 Å². The van der Waals surface area contributed by atoms with Gasteiger partial charge in [0.2, 0.25) is 5.91 Å². The van der Waals surface area contributed by atoms with Crippen LogP contribution in [0.1, 0.15) is 23.2 Å². The SMILES string of the molecule is CNC(=O)NC(=O)CSc1cc(C(=O)NC2CC2)c2ccccc2n1. The van der Waals surface area contributed by atoms with Gasteiger partial charge in [-0.15, -0.1) is 0 Å². The molecular weight excluding hydrogens is 340 g/mol. The molecule has 0 bridgehead atoms. The minimum atomic E-state index is -0.554. The van der Waals surface area contributed by atoms with Gasteiger partial charge < -0.3 is 10.6 Å². The summed E-state index contributed by atoms with van der Waals surface area (Å²) in [5.41, 5.74) is 1.24. The molecule has 0 radical (unpaired) electrons. The number of pyridine rings is 1. The number of rotatable bonds is 5. The number of carbonyl (C=O) groups excluding carboxylic acids is 3. The maximum Gasteiger partial charge on any atom is 0.321 e. The number of fused-ring (bicyclic) bond motifs is 1. The summed E-state index contributed by atoms with van der Waals surface area (Å²) in [6, 6.07) is 8.80. The predicted molar refractivity (Wildman–Crippen MR) is 95.6 cm³/mol. The molecule has 2 aromatic rings. The van der Waals surface area contributed by atoms with Gasteiger partial charge in [-0.05, 0) is 25.0 Å². The van der Waals surface area contributed by atoms with E-state index < -0.39 is 11.9 Å². The number of imide groups is 1. The molecule has 1 heterocycles. The van der Waals surface area contributed by atoms with Crippen molar-refractivity contribution in [3.8, 4) is 0 Å². The third kappa shape index (κ3) is 4.48. The number of urea groups is 1. The summed E-state index contributed by atoms with van der Waals surface area (Å²) in [7, 11) is 1.44. The lowest BCUT2D eigenvalue weighted by Crippen LogP contribution is -2.38. The smallest absolute Gasteiger partial charge is 0.321 e. The Balaban J connectivity index is 1.79. The van der Waals surface area contributed by atoms with Gasteiger partial charge in [0.05, 0.1) is 21.9 Å². The number of thioether (sulfide) groups is 1. The molecule has 0 saturated heterocycles. The Kier molecular flexibility index (Phi) is 5.18. The summed E-state index contributed by atoms with van der Waals surface area (Å²) >= 11 is 1.18. The van der Waals surface area contributed by atoms with Gasteiger partial charge in [-0.3, -0.25) is 14.9 Å². The van der Waals surface area contributed by atoms with Crippen LogP contribution in [-0.2, 0) is 4.79 Å². The Bertz CT molecular complexity index is 836. The summed E-state index contributed by atoms with van der Waals surface area (Å²) in [6.07, 6.45) is 2.02. The summed E-state index contributed by atoms with van der Waals surface area (Å²) in [5.74, 6) is -0.524. The van der Waals surface area contributed by atoms with Crippen LogP contribution in [0.3, 0.4) is 0 Å². The highest BCUT2D eigenvalue weighted by molar-refractivity contribution is 7.99. The molecule has 1 fully saturated rings. The van der Waals surface area contributed by atoms with Gasteiger partial charge in [0.15, 0.2) is 0 Å². The Labute approximate surface area is 149 Å². The quantitative estimate of drug-likeness (QED) is 0.706. The van der Waals surface area contributed by atoms with Crippen LogP contribution in [-0.4, -0.2) is 41.7 Å². The fourth-order valence-corrected chi connectivity index (χ4v) is 2.98. The normalized spacial score (nSPS) is 13.3. The van der Waals surface area contributed by atoms with Crippen LogP contribution >= 0.6 is 11.8 Å². The Hall–Kier alpha value is -2.61. The first-order valence-corrected chi connectivity index (χ1v) is 8.90. The molecule has 0 unspecified atom stereocenters. The Morgan fingerprint density at radius 3 is 2.72 bits per heavy atom. The first kappa shape index (κ1) is 17.2. The second kappa shape index (κ2) is 7.52. The first-order valence-electron chi connectivity index (χ1n) is 7.92. The lowest BCUT2D eigenvalue weighted by atomic mass is 10.1. The van der Waals surface area contributed by atoms with Gasteiger partial charge in [-0.1, -0.05) is 30.0 Å². The molecule has 4 amide bonds. The van der Waals surface area contributed by atoms with Gasteiger partial charge >= 0.3 is 6.03 Å². The third-order valence-corrected chi connectivity index (χ3v) is 4.59. The number of amides is 4. The topological polar surface area (TPSA) is 100 Å². The fourth-order valence-electron chi connectivity index (χ4n) is 2.27. The molecule has 1 aliphatic rings. The minimum Gasteiger partial charge on any atom is -0.349 e. The number of carbonyl (C=O) groups is 3.